The van der Waals surface area contributed by atoms with Crippen LogP contribution >= 0.6 is 11.6 Å². The maximum Gasteiger partial charge on any atom is 0.262 e. The van der Waals surface area contributed by atoms with Crippen molar-refractivity contribution in [3.05, 3.63) is 11.3 Å². The van der Waals surface area contributed by atoms with E-state index in [9.17, 15) is 8.42 Å². The number of nitrogens with zero attached hydrogens (tertiary/aromatic N) is 2. The van der Waals surface area contributed by atoms with Crippen LogP contribution in [0.4, 0.5) is 0 Å². The van der Waals surface area contributed by atoms with Crippen LogP contribution in [-0.2, 0) is 15.9 Å². The quantitative estimate of drug-likeness (QED) is 0.871. The third kappa shape index (κ3) is 2.66. The Bertz CT molecular complexity index is 555. The van der Waals surface area contributed by atoms with Crippen LogP contribution in [-0.4, -0.2) is 35.5 Å². The Hall–Kier alpha value is -0.590. The maximum absolute atomic E-state index is 12.7. The van der Waals surface area contributed by atoms with Crippen LogP contribution in [0, 0.1) is 12.8 Å². The van der Waals surface area contributed by atoms with Crippen molar-refractivity contribution in [2.24, 2.45) is 5.92 Å². The molecule has 0 radical (unpaired) electrons. The average molecular weight is 306 g/mol. The molecule has 1 aliphatic rings. The number of H-pyrrole nitrogens is 1. The van der Waals surface area contributed by atoms with Crippen LogP contribution in [0.15, 0.2) is 5.03 Å². The lowest BCUT2D eigenvalue weighted by molar-refractivity contribution is 0.217. The van der Waals surface area contributed by atoms with Crippen molar-refractivity contribution >= 4 is 21.6 Å². The van der Waals surface area contributed by atoms with E-state index in [1.165, 1.54) is 0 Å². The van der Waals surface area contributed by atoms with E-state index in [0.717, 1.165) is 12.8 Å². The number of piperidine rings is 1. The first-order valence-electron chi connectivity index (χ1n) is 6.49. The van der Waals surface area contributed by atoms with Crippen molar-refractivity contribution < 1.29 is 8.42 Å². The van der Waals surface area contributed by atoms with Gasteiger partial charge >= 0.3 is 0 Å². The number of alkyl halides is 1. The molecule has 1 saturated heterocycles. The van der Waals surface area contributed by atoms with E-state index in [1.807, 2.05) is 6.92 Å². The lowest BCUT2D eigenvalue weighted by atomic mass is 9.97. The molecule has 0 spiro atoms. The van der Waals surface area contributed by atoms with Crippen LogP contribution in [0.5, 0.6) is 0 Å². The summed E-state index contributed by atoms with van der Waals surface area (Å²) >= 11 is 5.85. The van der Waals surface area contributed by atoms with Crippen molar-refractivity contribution in [1.29, 1.82) is 0 Å². The Morgan fingerprint density at radius 3 is 2.74 bits per heavy atom. The zero-order chi connectivity index (χ0) is 14.2. The van der Waals surface area contributed by atoms with Crippen molar-refractivity contribution in [2.75, 3.05) is 6.54 Å². The second-order valence-corrected chi connectivity index (χ2v) is 7.45. The summed E-state index contributed by atoms with van der Waals surface area (Å²) in [6.45, 7) is 6.36. The lowest BCUT2D eigenvalue weighted by Crippen LogP contribution is -2.45. The summed E-state index contributed by atoms with van der Waals surface area (Å²) in [6, 6.07) is 0.0152. The zero-order valence-corrected chi connectivity index (χ0v) is 13.1. The predicted octanol–water partition coefficient (Wildman–Crippen LogP) is 2.27. The minimum absolute atomic E-state index is 0.0152. The molecule has 1 N–H and O–H groups in total. The maximum atomic E-state index is 12.7. The summed E-state index contributed by atoms with van der Waals surface area (Å²) in [7, 11) is -3.56. The van der Waals surface area contributed by atoms with Crippen molar-refractivity contribution in [2.45, 2.75) is 50.6 Å². The van der Waals surface area contributed by atoms with Gasteiger partial charge in [-0.3, -0.25) is 5.10 Å². The molecule has 1 aliphatic heterocycles. The fourth-order valence-corrected chi connectivity index (χ4v) is 4.85. The van der Waals surface area contributed by atoms with E-state index >= 15 is 0 Å². The monoisotopic (exact) mass is 305 g/mol. The normalized spacial score (nSPS) is 25.7. The molecule has 2 atom stereocenters. The average Bonchev–Trinajstić information content (AvgIpc) is 2.74. The molecule has 0 bridgehead atoms. The number of aryl methyl sites for hydroxylation is 1. The number of aromatic amines is 1. The van der Waals surface area contributed by atoms with Crippen LogP contribution in [0.3, 0.4) is 0 Å². The Kier molecular flexibility index (Phi) is 4.23. The van der Waals surface area contributed by atoms with Crippen LogP contribution in [0.2, 0.25) is 0 Å². The number of nitrogens with one attached hydrogen (secondary N) is 1. The molecule has 0 saturated carbocycles. The molecule has 0 amide bonds. The van der Waals surface area contributed by atoms with Gasteiger partial charge in [0.25, 0.3) is 10.0 Å². The summed E-state index contributed by atoms with van der Waals surface area (Å²) in [6.07, 6.45) is 1.95. The smallest absolute Gasteiger partial charge is 0.262 e. The van der Waals surface area contributed by atoms with Crippen molar-refractivity contribution in [1.82, 2.24) is 14.5 Å². The van der Waals surface area contributed by atoms with Crippen molar-refractivity contribution in [3.8, 4) is 0 Å². The lowest BCUT2D eigenvalue weighted by Gasteiger charge is -2.35. The first-order chi connectivity index (χ1) is 8.87. The third-order valence-electron chi connectivity index (χ3n) is 3.78. The minimum atomic E-state index is -3.56. The second-order valence-electron chi connectivity index (χ2n) is 5.37. The highest BCUT2D eigenvalue weighted by Crippen LogP contribution is 2.29. The molecule has 108 valence electrons. The number of hydrogen-bond donors (Lipinski definition) is 1. The zero-order valence-electron chi connectivity index (χ0n) is 11.5. The summed E-state index contributed by atoms with van der Waals surface area (Å²) in [5.74, 6) is 0.528. The number of aromatic nitrogens is 2. The van der Waals surface area contributed by atoms with Gasteiger partial charge in [-0.2, -0.15) is 9.40 Å². The first kappa shape index (κ1) is 14.8. The molecule has 2 unspecified atom stereocenters. The van der Waals surface area contributed by atoms with Gasteiger partial charge in [-0.1, -0.05) is 6.92 Å². The molecule has 7 heteroatoms. The Morgan fingerprint density at radius 1 is 1.42 bits per heavy atom. The molecule has 0 aromatic carbocycles. The predicted molar refractivity (Wildman–Crippen MR) is 74.6 cm³/mol. The van der Waals surface area contributed by atoms with E-state index in [-0.39, 0.29) is 16.9 Å². The van der Waals surface area contributed by atoms with E-state index in [2.05, 4.69) is 17.1 Å². The number of rotatable bonds is 3. The van der Waals surface area contributed by atoms with E-state index < -0.39 is 10.0 Å². The van der Waals surface area contributed by atoms with Crippen LogP contribution in [0.25, 0.3) is 0 Å². The van der Waals surface area contributed by atoms with Gasteiger partial charge in [0, 0.05) is 23.8 Å². The fraction of sp³-hybridized carbons (Fsp3) is 0.750. The Balaban J connectivity index is 2.41. The van der Waals surface area contributed by atoms with Gasteiger partial charge in [-0.05, 0) is 32.6 Å². The highest BCUT2D eigenvalue weighted by Gasteiger charge is 2.36. The van der Waals surface area contributed by atoms with Gasteiger partial charge in [-0.25, -0.2) is 8.42 Å². The highest BCUT2D eigenvalue weighted by atomic mass is 35.5. The van der Waals surface area contributed by atoms with E-state index in [1.54, 1.807) is 11.2 Å². The van der Waals surface area contributed by atoms with Gasteiger partial charge in [0.2, 0.25) is 0 Å². The van der Waals surface area contributed by atoms with Gasteiger partial charge in [-0.15, -0.1) is 11.6 Å². The molecule has 1 fully saturated rings. The van der Waals surface area contributed by atoms with E-state index in [4.69, 9.17) is 11.6 Å². The van der Waals surface area contributed by atoms with E-state index in [0.29, 0.717) is 23.7 Å². The summed E-state index contributed by atoms with van der Waals surface area (Å²) in [5, 5.41) is 6.76. The Labute approximate surface area is 119 Å². The van der Waals surface area contributed by atoms with Gasteiger partial charge in [0.1, 0.15) is 0 Å². The van der Waals surface area contributed by atoms with Crippen LogP contribution < -0.4 is 0 Å². The number of sulfonamides is 1. The molecule has 0 aliphatic carbocycles. The Morgan fingerprint density at radius 2 is 2.11 bits per heavy atom. The first-order valence-corrected chi connectivity index (χ1v) is 8.47. The minimum Gasteiger partial charge on any atom is -0.281 e. The molecule has 1 aromatic heterocycles. The number of hydrogen-bond acceptors (Lipinski definition) is 3. The topological polar surface area (TPSA) is 66.1 Å². The fourth-order valence-electron chi connectivity index (χ4n) is 2.49. The molecule has 2 heterocycles. The summed E-state index contributed by atoms with van der Waals surface area (Å²) in [4.78, 5) is 0. The second kappa shape index (κ2) is 5.42. The molecular formula is C12H20ClN3O2S. The standard InChI is InChI=1S/C12H20ClN3O2S/c1-8-4-5-9(2)16(7-8)19(17,18)12-11(6-13)10(3)14-15-12/h8-9H,4-7H2,1-3H3,(H,14,15). The summed E-state index contributed by atoms with van der Waals surface area (Å²) in [5.41, 5.74) is 1.29. The third-order valence-corrected chi connectivity index (χ3v) is 6.00. The number of halogens is 1. The van der Waals surface area contributed by atoms with Gasteiger partial charge in [0.15, 0.2) is 5.03 Å². The van der Waals surface area contributed by atoms with Gasteiger partial charge in [0.05, 0.1) is 5.88 Å². The molecule has 19 heavy (non-hydrogen) atoms. The van der Waals surface area contributed by atoms with Crippen LogP contribution in [0.1, 0.15) is 37.9 Å². The molecule has 2 rings (SSSR count). The van der Waals surface area contributed by atoms with Gasteiger partial charge < -0.3 is 0 Å². The molecule has 5 nitrogen and oxygen atoms in total. The van der Waals surface area contributed by atoms with Crippen molar-refractivity contribution in [3.63, 3.8) is 0 Å². The molecule has 1 aromatic rings. The largest absolute Gasteiger partial charge is 0.281 e. The molecular weight excluding hydrogens is 286 g/mol. The SMILES string of the molecule is Cc1[nH]nc(S(=O)(=O)N2CC(C)CCC2C)c1CCl. The summed E-state index contributed by atoms with van der Waals surface area (Å²) < 4.78 is 27.0. The highest BCUT2D eigenvalue weighted by molar-refractivity contribution is 7.89.